The van der Waals surface area contributed by atoms with Crippen LogP contribution in [0.15, 0.2) is 16.5 Å². The largest absolute Gasteiger partial charge is 0.475 e. The van der Waals surface area contributed by atoms with Gasteiger partial charge in [0, 0.05) is 12.8 Å². The van der Waals surface area contributed by atoms with Gasteiger partial charge in [-0.2, -0.15) is 5.10 Å². The van der Waals surface area contributed by atoms with Gasteiger partial charge in [-0.05, 0) is 26.0 Å². The highest BCUT2D eigenvalue weighted by Gasteiger charge is 2.18. The summed E-state index contributed by atoms with van der Waals surface area (Å²) in [4.78, 5) is 10.8. The van der Waals surface area contributed by atoms with Crippen LogP contribution in [-0.2, 0) is 11.3 Å². The van der Waals surface area contributed by atoms with Crippen LogP contribution >= 0.6 is 0 Å². The van der Waals surface area contributed by atoms with Crippen LogP contribution in [0.5, 0.6) is 0 Å². The van der Waals surface area contributed by atoms with Crippen LogP contribution in [0.1, 0.15) is 21.9 Å². The molecule has 2 aromatic rings. The van der Waals surface area contributed by atoms with Gasteiger partial charge in [0.25, 0.3) is 0 Å². The number of methoxy groups -OCH3 is 1. The zero-order valence-corrected chi connectivity index (χ0v) is 11.1. The molecule has 0 saturated heterocycles. The van der Waals surface area contributed by atoms with E-state index in [1.54, 1.807) is 13.2 Å². The number of rotatable bonds is 5. The summed E-state index contributed by atoms with van der Waals surface area (Å²) in [6, 6.07) is 3.10. The topological polar surface area (TPSA) is 77.5 Å². The smallest absolute Gasteiger partial charge is 0.371 e. The highest BCUT2D eigenvalue weighted by molar-refractivity contribution is 5.85. The molecule has 0 bridgehead atoms. The summed E-state index contributed by atoms with van der Waals surface area (Å²) in [5.74, 6) is -0.622. The average molecular weight is 264 g/mol. The Morgan fingerprint density at radius 1 is 1.47 bits per heavy atom. The highest BCUT2D eigenvalue weighted by atomic mass is 16.5. The van der Waals surface area contributed by atoms with E-state index in [-0.39, 0.29) is 5.76 Å². The Balaban J connectivity index is 2.38. The van der Waals surface area contributed by atoms with Gasteiger partial charge < -0.3 is 14.3 Å². The van der Waals surface area contributed by atoms with E-state index in [1.807, 2.05) is 18.5 Å². The van der Waals surface area contributed by atoms with E-state index in [4.69, 9.17) is 14.3 Å². The molecule has 0 aliphatic rings. The fourth-order valence-electron chi connectivity index (χ4n) is 2.04. The summed E-state index contributed by atoms with van der Waals surface area (Å²) in [6.45, 7) is 5.01. The second-order valence-electron chi connectivity index (χ2n) is 4.23. The molecular weight excluding hydrogens is 248 g/mol. The first-order chi connectivity index (χ1) is 9.04. The molecule has 0 atom stereocenters. The van der Waals surface area contributed by atoms with Crippen molar-refractivity contribution in [2.75, 3.05) is 13.7 Å². The summed E-state index contributed by atoms with van der Waals surface area (Å²) < 4.78 is 12.2. The molecule has 2 aromatic heterocycles. The maximum Gasteiger partial charge on any atom is 0.371 e. The molecule has 102 valence electrons. The lowest BCUT2D eigenvalue weighted by molar-refractivity contribution is 0.0663. The molecule has 0 aromatic carbocycles. The van der Waals surface area contributed by atoms with Gasteiger partial charge in [-0.1, -0.05) is 0 Å². The molecule has 0 aliphatic heterocycles. The number of aromatic carboxylic acids is 1. The van der Waals surface area contributed by atoms with E-state index >= 15 is 0 Å². The number of carboxylic acids is 1. The van der Waals surface area contributed by atoms with Gasteiger partial charge in [-0.3, -0.25) is 4.68 Å². The molecule has 0 fully saturated rings. The summed E-state index contributed by atoms with van der Waals surface area (Å²) >= 11 is 0. The van der Waals surface area contributed by atoms with Gasteiger partial charge in [0.1, 0.15) is 5.76 Å². The molecule has 0 aliphatic carbocycles. The number of nitrogens with zero attached hydrogens (tertiary/aromatic N) is 2. The van der Waals surface area contributed by atoms with Crippen molar-refractivity contribution < 1.29 is 19.1 Å². The minimum atomic E-state index is -1.08. The average Bonchev–Trinajstić information content (AvgIpc) is 2.92. The predicted octanol–water partition coefficient (Wildman–Crippen LogP) is 2.10. The fourth-order valence-corrected chi connectivity index (χ4v) is 2.04. The first-order valence-electron chi connectivity index (χ1n) is 5.91. The third kappa shape index (κ3) is 2.53. The van der Waals surface area contributed by atoms with Gasteiger partial charge in [0.2, 0.25) is 5.76 Å². The molecule has 2 rings (SSSR count). The van der Waals surface area contributed by atoms with E-state index in [9.17, 15) is 4.79 Å². The van der Waals surface area contributed by atoms with E-state index in [0.29, 0.717) is 18.9 Å². The summed E-state index contributed by atoms with van der Waals surface area (Å²) in [5, 5.41) is 13.3. The first-order valence-corrected chi connectivity index (χ1v) is 5.91. The quantitative estimate of drug-likeness (QED) is 0.894. The SMILES string of the molecule is COCCn1nc(C)c(-c2ccc(C(=O)O)o2)c1C. The van der Waals surface area contributed by atoms with Crippen molar-refractivity contribution in [3.63, 3.8) is 0 Å². The Morgan fingerprint density at radius 2 is 2.21 bits per heavy atom. The lowest BCUT2D eigenvalue weighted by atomic mass is 10.1. The Kier molecular flexibility index (Phi) is 3.71. The summed E-state index contributed by atoms with van der Waals surface area (Å²) in [7, 11) is 1.64. The minimum Gasteiger partial charge on any atom is -0.475 e. The van der Waals surface area contributed by atoms with Crippen LogP contribution in [0.25, 0.3) is 11.3 Å². The number of carboxylic acid groups (broad SMARTS) is 1. The molecular formula is C13H16N2O4. The van der Waals surface area contributed by atoms with Crippen molar-refractivity contribution >= 4 is 5.97 Å². The lowest BCUT2D eigenvalue weighted by Gasteiger charge is -2.03. The molecule has 1 N–H and O–H groups in total. The number of hydrogen-bond acceptors (Lipinski definition) is 4. The van der Waals surface area contributed by atoms with E-state index in [0.717, 1.165) is 17.0 Å². The summed E-state index contributed by atoms with van der Waals surface area (Å²) in [6.07, 6.45) is 0. The lowest BCUT2D eigenvalue weighted by Crippen LogP contribution is -2.07. The normalized spacial score (nSPS) is 10.9. The van der Waals surface area contributed by atoms with Crippen molar-refractivity contribution in [1.29, 1.82) is 0 Å². The zero-order chi connectivity index (χ0) is 14.0. The van der Waals surface area contributed by atoms with Crippen LogP contribution in [0.4, 0.5) is 0 Å². The van der Waals surface area contributed by atoms with Gasteiger partial charge in [0.05, 0.1) is 24.4 Å². The zero-order valence-electron chi connectivity index (χ0n) is 11.1. The number of furan rings is 1. The number of ether oxygens (including phenoxy) is 1. The van der Waals surface area contributed by atoms with E-state index < -0.39 is 5.97 Å². The third-order valence-corrected chi connectivity index (χ3v) is 2.95. The van der Waals surface area contributed by atoms with Crippen molar-refractivity contribution in [3.05, 3.63) is 29.3 Å². The Bertz CT molecular complexity index is 598. The molecule has 0 amide bonds. The molecule has 0 spiro atoms. The minimum absolute atomic E-state index is 0.0709. The second kappa shape index (κ2) is 5.27. The second-order valence-corrected chi connectivity index (χ2v) is 4.23. The van der Waals surface area contributed by atoms with Crippen molar-refractivity contribution in [1.82, 2.24) is 9.78 Å². The molecule has 0 saturated carbocycles. The van der Waals surface area contributed by atoms with Gasteiger partial charge in [-0.15, -0.1) is 0 Å². The molecule has 0 unspecified atom stereocenters. The molecule has 2 heterocycles. The number of hydrogen-bond donors (Lipinski definition) is 1. The van der Waals surface area contributed by atoms with Crippen LogP contribution in [0, 0.1) is 13.8 Å². The van der Waals surface area contributed by atoms with E-state index in [1.165, 1.54) is 6.07 Å². The standard InChI is InChI=1S/C13H16N2O4/c1-8-12(9(2)15(14-8)6-7-18-3)10-4-5-11(19-10)13(16)17/h4-5H,6-7H2,1-3H3,(H,16,17). The Hall–Kier alpha value is -2.08. The van der Waals surface area contributed by atoms with Crippen molar-refractivity contribution in [2.24, 2.45) is 0 Å². The number of aromatic nitrogens is 2. The monoisotopic (exact) mass is 264 g/mol. The number of aryl methyl sites for hydroxylation is 1. The molecule has 6 heteroatoms. The van der Waals surface area contributed by atoms with Crippen LogP contribution in [0.2, 0.25) is 0 Å². The number of carbonyl (C=O) groups is 1. The van der Waals surface area contributed by atoms with Crippen LogP contribution in [0.3, 0.4) is 0 Å². The maximum absolute atomic E-state index is 10.8. The van der Waals surface area contributed by atoms with Gasteiger partial charge in [-0.25, -0.2) is 4.79 Å². The van der Waals surface area contributed by atoms with Gasteiger partial charge >= 0.3 is 5.97 Å². The highest BCUT2D eigenvalue weighted by Crippen LogP contribution is 2.28. The van der Waals surface area contributed by atoms with Crippen molar-refractivity contribution in [3.8, 4) is 11.3 Å². The van der Waals surface area contributed by atoms with Crippen LogP contribution < -0.4 is 0 Å². The molecule has 6 nitrogen and oxygen atoms in total. The third-order valence-electron chi connectivity index (χ3n) is 2.95. The Labute approximate surface area is 110 Å². The fraction of sp³-hybridized carbons (Fsp3) is 0.385. The molecule has 19 heavy (non-hydrogen) atoms. The summed E-state index contributed by atoms with van der Waals surface area (Å²) in [5.41, 5.74) is 2.57. The predicted molar refractivity (Wildman–Crippen MR) is 68.2 cm³/mol. The maximum atomic E-state index is 10.8. The van der Waals surface area contributed by atoms with Crippen LogP contribution in [-0.4, -0.2) is 34.6 Å². The van der Waals surface area contributed by atoms with Crippen molar-refractivity contribution in [2.45, 2.75) is 20.4 Å². The first kappa shape index (κ1) is 13.4. The Morgan fingerprint density at radius 3 is 2.79 bits per heavy atom. The van der Waals surface area contributed by atoms with Gasteiger partial charge in [0.15, 0.2) is 0 Å². The van der Waals surface area contributed by atoms with E-state index in [2.05, 4.69) is 5.10 Å². The molecule has 0 radical (unpaired) electrons.